The summed E-state index contributed by atoms with van der Waals surface area (Å²) in [7, 11) is 0. The molecule has 1 amide bonds. The van der Waals surface area contributed by atoms with E-state index >= 15 is 0 Å². The van der Waals surface area contributed by atoms with Gasteiger partial charge in [-0.15, -0.1) is 0 Å². The molecule has 1 aromatic carbocycles. The lowest BCUT2D eigenvalue weighted by Gasteiger charge is -2.37. The predicted molar refractivity (Wildman–Crippen MR) is 90.8 cm³/mol. The summed E-state index contributed by atoms with van der Waals surface area (Å²) in [5.74, 6) is 0.134. The molecule has 0 radical (unpaired) electrons. The van der Waals surface area contributed by atoms with Crippen LogP contribution in [0.3, 0.4) is 0 Å². The number of aryl methyl sites for hydroxylation is 2. The van der Waals surface area contributed by atoms with E-state index in [9.17, 15) is 20.1 Å². The summed E-state index contributed by atoms with van der Waals surface area (Å²) in [6, 6.07) is 8.52. The van der Waals surface area contributed by atoms with E-state index in [1.165, 1.54) is 12.5 Å². The fourth-order valence-electron chi connectivity index (χ4n) is 3.30. The number of hydrogen-bond donors (Lipinski definition) is 4. The van der Waals surface area contributed by atoms with Crippen LogP contribution in [0.4, 0.5) is 0 Å². The standard InChI is InChI=1S/C18H23N3O4/c1-11(23)19-15-17(25)16(24)14(10-22)21-9-13(20-18(15)21)8-7-12-5-3-2-4-6-12/h2-6,9,14-17,22,24-25H,7-8,10H2,1H3,(H,19,23)/t14?,15?,16-,17-/m1/s1. The summed E-state index contributed by atoms with van der Waals surface area (Å²) in [5.41, 5.74) is 1.97. The van der Waals surface area contributed by atoms with Gasteiger partial charge in [-0.3, -0.25) is 4.79 Å². The molecular weight excluding hydrogens is 322 g/mol. The van der Waals surface area contributed by atoms with Crippen LogP contribution in [0.2, 0.25) is 0 Å². The van der Waals surface area contributed by atoms with Gasteiger partial charge in [0.25, 0.3) is 0 Å². The van der Waals surface area contributed by atoms with Crippen molar-refractivity contribution in [3.8, 4) is 0 Å². The lowest BCUT2D eigenvalue weighted by Crippen LogP contribution is -2.51. The Kier molecular flexibility index (Phi) is 5.17. The van der Waals surface area contributed by atoms with E-state index < -0.39 is 24.3 Å². The van der Waals surface area contributed by atoms with E-state index in [1.807, 2.05) is 30.3 Å². The van der Waals surface area contributed by atoms with E-state index in [4.69, 9.17) is 0 Å². The molecule has 134 valence electrons. The Hall–Kier alpha value is -2.22. The van der Waals surface area contributed by atoms with Crippen molar-refractivity contribution in [3.05, 3.63) is 53.6 Å². The van der Waals surface area contributed by atoms with Crippen LogP contribution < -0.4 is 5.32 Å². The van der Waals surface area contributed by atoms with Crippen LogP contribution in [-0.2, 0) is 17.6 Å². The maximum Gasteiger partial charge on any atom is 0.217 e. The summed E-state index contributed by atoms with van der Waals surface area (Å²) in [6.07, 6.45) is 0.852. The fraction of sp³-hybridized carbons (Fsp3) is 0.444. The Morgan fingerprint density at radius 3 is 2.56 bits per heavy atom. The number of aromatic nitrogens is 2. The quantitative estimate of drug-likeness (QED) is 0.615. The molecule has 0 spiro atoms. The van der Waals surface area contributed by atoms with Crippen LogP contribution in [0.5, 0.6) is 0 Å². The van der Waals surface area contributed by atoms with Crippen LogP contribution >= 0.6 is 0 Å². The Morgan fingerprint density at radius 1 is 1.20 bits per heavy atom. The first kappa shape index (κ1) is 17.6. The molecule has 4 atom stereocenters. The highest BCUT2D eigenvalue weighted by Crippen LogP contribution is 2.32. The number of nitrogens with one attached hydrogen (secondary N) is 1. The summed E-state index contributed by atoms with van der Waals surface area (Å²) >= 11 is 0. The molecule has 7 nitrogen and oxygen atoms in total. The van der Waals surface area contributed by atoms with E-state index in [1.54, 1.807) is 10.8 Å². The topological polar surface area (TPSA) is 108 Å². The van der Waals surface area contributed by atoms with Gasteiger partial charge in [0, 0.05) is 13.1 Å². The van der Waals surface area contributed by atoms with Crippen molar-refractivity contribution in [2.45, 2.75) is 44.1 Å². The first-order valence-corrected chi connectivity index (χ1v) is 8.37. The fourth-order valence-corrected chi connectivity index (χ4v) is 3.30. The monoisotopic (exact) mass is 345 g/mol. The molecule has 7 heteroatoms. The molecule has 25 heavy (non-hydrogen) atoms. The molecule has 1 aliphatic heterocycles. The normalized spacial score (nSPS) is 25.4. The lowest BCUT2D eigenvalue weighted by atomic mass is 9.94. The third-order valence-corrected chi connectivity index (χ3v) is 4.59. The van der Waals surface area contributed by atoms with Crippen LogP contribution in [0.25, 0.3) is 0 Å². The molecule has 0 saturated carbocycles. The molecule has 1 aromatic heterocycles. The van der Waals surface area contributed by atoms with Gasteiger partial charge in [-0.1, -0.05) is 30.3 Å². The number of nitrogens with zero attached hydrogens (tertiary/aromatic N) is 2. The second-order valence-electron chi connectivity index (χ2n) is 6.39. The maximum absolute atomic E-state index is 11.5. The highest BCUT2D eigenvalue weighted by Gasteiger charge is 2.42. The Labute approximate surface area is 146 Å². The number of rotatable bonds is 5. The van der Waals surface area contributed by atoms with E-state index in [0.717, 1.165) is 12.1 Å². The van der Waals surface area contributed by atoms with Crippen molar-refractivity contribution in [3.63, 3.8) is 0 Å². The number of fused-ring (bicyclic) bond motifs is 1. The highest BCUT2D eigenvalue weighted by molar-refractivity contribution is 5.73. The Morgan fingerprint density at radius 2 is 1.92 bits per heavy atom. The predicted octanol–water partition coefficient (Wildman–Crippen LogP) is 0.114. The second-order valence-corrected chi connectivity index (χ2v) is 6.39. The first-order valence-electron chi connectivity index (χ1n) is 8.37. The molecule has 0 bridgehead atoms. The van der Waals surface area contributed by atoms with Crippen molar-refractivity contribution >= 4 is 5.91 Å². The van der Waals surface area contributed by atoms with Crippen molar-refractivity contribution in [2.75, 3.05) is 6.61 Å². The molecule has 0 aliphatic carbocycles. The number of carbonyl (C=O) groups excluding carboxylic acids is 1. The average Bonchev–Trinajstić information content (AvgIpc) is 3.02. The van der Waals surface area contributed by atoms with Gasteiger partial charge in [-0.2, -0.15) is 0 Å². The highest BCUT2D eigenvalue weighted by atomic mass is 16.3. The van der Waals surface area contributed by atoms with Crippen LogP contribution in [0.15, 0.2) is 36.5 Å². The number of amides is 1. The molecule has 0 fully saturated rings. The van der Waals surface area contributed by atoms with Gasteiger partial charge >= 0.3 is 0 Å². The van der Waals surface area contributed by atoms with Crippen LogP contribution in [-0.4, -0.2) is 49.6 Å². The number of benzene rings is 1. The van der Waals surface area contributed by atoms with Gasteiger partial charge in [-0.25, -0.2) is 4.98 Å². The van der Waals surface area contributed by atoms with E-state index in [-0.39, 0.29) is 12.5 Å². The minimum absolute atomic E-state index is 0.320. The molecule has 4 N–H and O–H groups in total. The van der Waals surface area contributed by atoms with Crippen LogP contribution in [0.1, 0.15) is 36.1 Å². The summed E-state index contributed by atoms with van der Waals surface area (Å²) in [4.78, 5) is 16.0. The van der Waals surface area contributed by atoms with Gasteiger partial charge in [-0.05, 0) is 18.4 Å². The third-order valence-electron chi connectivity index (χ3n) is 4.59. The van der Waals surface area contributed by atoms with Gasteiger partial charge in [0.2, 0.25) is 5.91 Å². The smallest absolute Gasteiger partial charge is 0.217 e. The van der Waals surface area contributed by atoms with Crippen molar-refractivity contribution < 1.29 is 20.1 Å². The van der Waals surface area contributed by atoms with Gasteiger partial charge in [0.1, 0.15) is 24.1 Å². The molecular formula is C18H23N3O4. The lowest BCUT2D eigenvalue weighted by molar-refractivity contribution is -0.123. The van der Waals surface area contributed by atoms with Gasteiger partial charge in [0.05, 0.1) is 18.3 Å². The van der Waals surface area contributed by atoms with E-state index in [2.05, 4.69) is 10.3 Å². The van der Waals surface area contributed by atoms with E-state index in [0.29, 0.717) is 12.2 Å². The zero-order valence-corrected chi connectivity index (χ0v) is 14.0. The summed E-state index contributed by atoms with van der Waals surface area (Å²) in [5, 5.41) is 32.8. The zero-order valence-electron chi connectivity index (χ0n) is 14.0. The van der Waals surface area contributed by atoms with Crippen molar-refractivity contribution in [1.29, 1.82) is 0 Å². The molecule has 0 saturated heterocycles. The molecule has 3 rings (SSSR count). The molecule has 2 heterocycles. The Balaban J connectivity index is 1.87. The number of aliphatic hydroxyl groups is 3. The largest absolute Gasteiger partial charge is 0.394 e. The average molecular weight is 345 g/mol. The van der Waals surface area contributed by atoms with Crippen molar-refractivity contribution in [2.24, 2.45) is 0 Å². The maximum atomic E-state index is 11.5. The zero-order chi connectivity index (χ0) is 18.0. The molecule has 2 unspecified atom stereocenters. The van der Waals surface area contributed by atoms with Gasteiger partial charge < -0.3 is 25.2 Å². The molecule has 1 aliphatic rings. The minimum Gasteiger partial charge on any atom is -0.394 e. The Bertz CT molecular complexity index is 731. The van der Waals surface area contributed by atoms with Crippen molar-refractivity contribution in [1.82, 2.24) is 14.9 Å². The number of hydrogen-bond acceptors (Lipinski definition) is 5. The summed E-state index contributed by atoms with van der Waals surface area (Å²) < 4.78 is 1.66. The molecule has 2 aromatic rings. The number of carbonyl (C=O) groups is 1. The minimum atomic E-state index is -1.22. The number of aliphatic hydroxyl groups excluding tert-OH is 3. The first-order chi connectivity index (χ1) is 12.0. The summed E-state index contributed by atoms with van der Waals surface area (Å²) in [6.45, 7) is 1.02. The second kappa shape index (κ2) is 7.35. The van der Waals surface area contributed by atoms with Crippen LogP contribution in [0, 0.1) is 0 Å². The SMILES string of the molecule is CC(=O)NC1c2nc(CCc3ccccc3)cn2C(CO)[C@@H](O)[C@@H]1O. The number of imidazole rings is 1. The van der Waals surface area contributed by atoms with Gasteiger partial charge in [0.15, 0.2) is 0 Å². The third kappa shape index (κ3) is 3.58.